The van der Waals surface area contributed by atoms with Crippen LogP contribution < -0.4 is 18.9 Å². The van der Waals surface area contributed by atoms with Gasteiger partial charge in [0.2, 0.25) is 0 Å². The molecule has 0 saturated heterocycles. The van der Waals surface area contributed by atoms with E-state index in [4.69, 9.17) is 11.2 Å². The Balaban J connectivity index is 0.00000196. The van der Waals surface area contributed by atoms with E-state index in [-0.39, 0.29) is 31.9 Å². The third-order valence-corrected chi connectivity index (χ3v) is 1.76. The van der Waals surface area contributed by atoms with E-state index in [1.807, 2.05) is 30.3 Å². The third kappa shape index (κ3) is 6.39. The van der Waals surface area contributed by atoms with Crippen LogP contribution in [0.2, 0.25) is 0 Å². The molecule has 0 aliphatic carbocycles. The summed E-state index contributed by atoms with van der Waals surface area (Å²) in [6, 6.07) is 9.77. The number of benzene rings is 1. The van der Waals surface area contributed by atoms with Crippen molar-refractivity contribution in [3.05, 3.63) is 42.3 Å². The molecule has 0 unspecified atom stereocenters. The van der Waals surface area contributed by atoms with Crippen LogP contribution in [0.25, 0.3) is 0 Å². The van der Waals surface area contributed by atoms with E-state index >= 15 is 0 Å². The van der Waals surface area contributed by atoms with Gasteiger partial charge in [-0.15, -0.1) is 0 Å². The van der Waals surface area contributed by atoms with E-state index in [1.54, 1.807) is 0 Å². The molecule has 2 nitrogen and oxygen atoms in total. The van der Waals surface area contributed by atoms with Crippen LogP contribution >= 0.6 is 0 Å². The average Bonchev–Trinajstić information content (AvgIpc) is 2.20. The van der Waals surface area contributed by atoms with Crippen molar-refractivity contribution in [2.24, 2.45) is 0 Å². The second-order valence-electron chi connectivity index (χ2n) is 3.04. The molecule has 15 heavy (non-hydrogen) atoms. The van der Waals surface area contributed by atoms with Gasteiger partial charge < -0.3 is 22.2 Å². The minimum Gasteiger partial charge on any atom is -0.694 e. The normalized spacial score (nSPS) is 11.2. The molecule has 1 aromatic carbocycles. The predicted molar refractivity (Wildman–Crippen MR) is 53.9 cm³/mol. The first-order valence-corrected chi connectivity index (χ1v) is 4.52. The van der Waals surface area contributed by atoms with Crippen LogP contribution in [0.5, 0.6) is 0 Å². The van der Waals surface area contributed by atoms with Crippen molar-refractivity contribution in [3.8, 4) is 5.92 Å². The second kappa shape index (κ2) is 8.59. The first kappa shape index (κ1) is 14.3. The van der Waals surface area contributed by atoms with Crippen LogP contribution in [0.4, 0.5) is 0 Å². The Morgan fingerprint density at radius 1 is 1.33 bits per heavy atom. The predicted octanol–water partition coefficient (Wildman–Crippen LogP) is -1.45. The Morgan fingerprint density at radius 2 is 2.00 bits per heavy atom. The summed E-state index contributed by atoms with van der Waals surface area (Å²) in [5.74, 6) is 2.14. The molecule has 0 saturated carbocycles. The van der Waals surface area contributed by atoms with Gasteiger partial charge >= 0.3 is 18.9 Å². The van der Waals surface area contributed by atoms with Crippen LogP contribution in [0.3, 0.4) is 0 Å². The number of aliphatic hydroxyl groups excluding tert-OH is 1. The molecule has 74 valence electrons. The van der Waals surface area contributed by atoms with Crippen LogP contribution in [0.1, 0.15) is 12.0 Å². The summed E-state index contributed by atoms with van der Waals surface area (Å²) >= 11 is 0. The molecule has 1 atom stereocenters. The van der Waals surface area contributed by atoms with Crippen LogP contribution in [0, 0.1) is 12.3 Å². The zero-order chi connectivity index (χ0) is 10.2. The first-order valence-electron chi connectivity index (χ1n) is 4.52. The van der Waals surface area contributed by atoms with E-state index in [1.165, 1.54) is 0 Å². The molecular formula is C12H13LiO2. The molecule has 0 spiro atoms. The Hall–Kier alpha value is -0.703. The molecule has 0 aliphatic rings. The quantitative estimate of drug-likeness (QED) is 0.354. The number of hydrogen-bond acceptors (Lipinski definition) is 2. The molecule has 3 heteroatoms. The zero-order valence-electron chi connectivity index (χ0n) is 8.94. The van der Waals surface area contributed by atoms with E-state index in [0.717, 1.165) is 5.56 Å². The molecule has 1 N–H and O–H groups in total. The van der Waals surface area contributed by atoms with Crippen molar-refractivity contribution in [2.45, 2.75) is 19.1 Å². The fourth-order valence-electron chi connectivity index (χ4n) is 1.06. The third-order valence-electron chi connectivity index (χ3n) is 1.76. The van der Waals surface area contributed by atoms with E-state index in [0.29, 0.717) is 6.61 Å². The van der Waals surface area contributed by atoms with Gasteiger partial charge in [0.05, 0.1) is 19.3 Å². The number of rotatable bonds is 5. The van der Waals surface area contributed by atoms with Gasteiger partial charge in [0.1, 0.15) is 0 Å². The first-order chi connectivity index (χ1) is 6.83. The molecule has 0 amide bonds. The largest absolute Gasteiger partial charge is 1.00 e. The summed E-state index contributed by atoms with van der Waals surface area (Å²) in [6.45, 7) is 0.747. The summed E-state index contributed by atoms with van der Waals surface area (Å²) in [5, 5.41) is 9.22. The average molecular weight is 196 g/mol. The van der Waals surface area contributed by atoms with Gasteiger partial charge in [0.15, 0.2) is 0 Å². The SMILES string of the molecule is [C-]#CC[C@H](O)COCc1ccccc1.[Li+]. The van der Waals surface area contributed by atoms with Crippen molar-refractivity contribution in [2.75, 3.05) is 6.61 Å². The maximum Gasteiger partial charge on any atom is 1.00 e. The zero-order valence-corrected chi connectivity index (χ0v) is 8.94. The maximum atomic E-state index is 9.22. The second-order valence-corrected chi connectivity index (χ2v) is 3.04. The Bertz CT molecular complexity index is 292. The summed E-state index contributed by atoms with van der Waals surface area (Å²) in [7, 11) is 0. The van der Waals surface area contributed by atoms with Gasteiger partial charge in [0, 0.05) is 0 Å². The smallest absolute Gasteiger partial charge is 0.694 e. The van der Waals surface area contributed by atoms with Crippen molar-refractivity contribution in [1.82, 2.24) is 0 Å². The fourth-order valence-corrected chi connectivity index (χ4v) is 1.06. The monoisotopic (exact) mass is 196 g/mol. The molecule has 1 aromatic rings. The number of aliphatic hydroxyl groups is 1. The van der Waals surface area contributed by atoms with Gasteiger partial charge in [-0.1, -0.05) is 30.3 Å². The topological polar surface area (TPSA) is 29.5 Å². The van der Waals surface area contributed by atoms with E-state index in [9.17, 15) is 5.11 Å². The molecule has 0 heterocycles. The molecule has 1 rings (SSSR count). The molecule has 0 bridgehead atoms. The Labute approximate surface area is 103 Å². The minimum absolute atomic E-state index is 0. The molecule has 0 aliphatic heterocycles. The maximum absolute atomic E-state index is 9.22. The Morgan fingerprint density at radius 3 is 2.60 bits per heavy atom. The standard InChI is InChI=1S/C12H13O2.Li/c1-2-6-12(13)10-14-9-11-7-4-3-5-8-11;/h3-5,7-8,12-13H,6,9-10H2;/q-1;+1/t12-;/m0./s1. The van der Waals surface area contributed by atoms with Gasteiger partial charge in [-0.3, -0.25) is 0 Å². The van der Waals surface area contributed by atoms with Gasteiger partial charge in [-0.2, -0.15) is 0 Å². The van der Waals surface area contributed by atoms with Crippen molar-refractivity contribution in [3.63, 3.8) is 0 Å². The van der Waals surface area contributed by atoms with Crippen molar-refractivity contribution >= 4 is 0 Å². The number of hydrogen-bond donors (Lipinski definition) is 1. The summed E-state index contributed by atoms with van der Waals surface area (Å²) in [4.78, 5) is 0. The summed E-state index contributed by atoms with van der Waals surface area (Å²) < 4.78 is 5.26. The van der Waals surface area contributed by atoms with Crippen LogP contribution in [-0.2, 0) is 11.3 Å². The van der Waals surface area contributed by atoms with E-state index < -0.39 is 6.10 Å². The van der Waals surface area contributed by atoms with Gasteiger partial charge in [-0.05, 0) is 12.0 Å². The van der Waals surface area contributed by atoms with Crippen molar-refractivity contribution < 1.29 is 28.7 Å². The fraction of sp³-hybridized carbons (Fsp3) is 0.333. The molecule has 0 radical (unpaired) electrons. The molecule has 0 fully saturated rings. The van der Waals surface area contributed by atoms with Crippen LogP contribution in [-0.4, -0.2) is 17.8 Å². The number of ether oxygens (including phenoxy) is 1. The van der Waals surface area contributed by atoms with Crippen molar-refractivity contribution in [1.29, 1.82) is 0 Å². The molecule has 0 aromatic heterocycles. The Kier molecular flexibility index (Phi) is 8.19. The minimum atomic E-state index is -0.615. The van der Waals surface area contributed by atoms with E-state index in [2.05, 4.69) is 5.92 Å². The van der Waals surface area contributed by atoms with Gasteiger partial charge in [0.25, 0.3) is 0 Å². The molecular weight excluding hydrogens is 183 g/mol. The summed E-state index contributed by atoms with van der Waals surface area (Å²) in [5.41, 5.74) is 1.08. The summed E-state index contributed by atoms with van der Waals surface area (Å²) in [6.07, 6.45) is 6.28. The van der Waals surface area contributed by atoms with Crippen LogP contribution in [0.15, 0.2) is 30.3 Å². The van der Waals surface area contributed by atoms with Gasteiger partial charge in [-0.25, -0.2) is 0 Å².